The Labute approximate surface area is 233 Å². The maximum Gasteiger partial charge on any atom is 0.353 e. The predicted molar refractivity (Wildman–Crippen MR) is 157 cm³/mol. The lowest BCUT2D eigenvalue weighted by atomic mass is 10.00. The molecule has 0 radical (unpaired) electrons. The normalized spacial score (nSPS) is 12.7. The number of carbonyl (C=O) groups is 1. The minimum atomic E-state index is -0.948. The number of nitrogens with zero attached hydrogens (tertiary/aromatic N) is 1. The van der Waals surface area contributed by atoms with Crippen molar-refractivity contribution in [1.29, 1.82) is 0 Å². The number of hydrogen-bond donors (Lipinski definition) is 1. The van der Waals surface area contributed by atoms with Crippen LogP contribution in [0, 0.1) is 12.8 Å². The monoisotopic (exact) mass is 533 g/mol. The van der Waals surface area contributed by atoms with Crippen LogP contribution in [0.25, 0.3) is 11.1 Å². The van der Waals surface area contributed by atoms with Gasteiger partial charge in [0.25, 0.3) is 0 Å². The maximum atomic E-state index is 12.7. The van der Waals surface area contributed by atoms with Gasteiger partial charge in [-0.1, -0.05) is 57.2 Å². The Morgan fingerprint density at radius 2 is 1.82 bits per heavy atom. The van der Waals surface area contributed by atoms with E-state index in [-0.39, 0.29) is 5.69 Å². The van der Waals surface area contributed by atoms with E-state index in [9.17, 15) is 9.90 Å². The van der Waals surface area contributed by atoms with E-state index in [0.29, 0.717) is 25.5 Å². The van der Waals surface area contributed by atoms with E-state index in [1.54, 1.807) is 7.11 Å². The summed E-state index contributed by atoms with van der Waals surface area (Å²) in [5, 5.41) is 10.4. The lowest BCUT2D eigenvalue weighted by Crippen LogP contribution is -2.13. The lowest BCUT2D eigenvalue weighted by Gasteiger charge is -2.13. The molecule has 39 heavy (non-hydrogen) atoms. The van der Waals surface area contributed by atoms with Crippen molar-refractivity contribution in [3.05, 3.63) is 83.2 Å². The molecular weight excluding hydrogens is 490 g/mol. The van der Waals surface area contributed by atoms with Crippen molar-refractivity contribution in [3.63, 3.8) is 0 Å². The van der Waals surface area contributed by atoms with E-state index in [2.05, 4.69) is 13.0 Å². The van der Waals surface area contributed by atoms with Crippen molar-refractivity contribution in [2.75, 3.05) is 26.9 Å². The second-order valence-corrected chi connectivity index (χ2v) is 9.57. The van der Waals surface area contributed by atoms with Crippen molar-refractivity contribution in [1.82, 2.24) is 4.57 Å². The molecule has 2 aromatic carbocycles. The van der Waals surface area contributed by atoms with Gasteiger partial charge in [0.05, 0.1) is 20.3 Å². The third-order valence-corrected chi connectivity index (χ3v) is 6.68. The average molecular weight is 534 g/mol. The number of aromatic nitrogens is 1. The van der Waals surface area contributed by atoms with Crippen molar-refractivity contribution in [2.24, 2.45) is 5.92 Å². The summed E-state index contributed by atoms with van der Waals surface area (Å²) >= 11 is 0. The highest BCUT2D eigenvalue weighted by Crippen LogP contribution is 2.35. The Bertz CT molecular complexity index is 1220. The van der Waals surface area contributed by atoms with Crippen LogP contribution < -0.4 is 9.47 Å². The molecule has 0 saturated heterocycles. The second-order valence-electron chi connectivity index (χ2n) is 9.57. The third kappa shape index (κ3) is 8.24. The van der Waals surface area contributed by atoms with Gasteiger partial charge in [0.1, 0.15) is 17.2 Å². The fraction of sp³-hybridized carbons (Fsp3) is 0.424. The molecule has 4 rings (SSSR count). The quantitative estimate of drug-likeness (QED) is 0.171. The van der Waals surface area contributed by atoms with Gasteiger partial charge < -0.3 is 23.9 Å². The van der Waals surface area contributed by atoms with Crippen molar-refractivity contribution in [2.45, 2.75) is 59.9 Å². The average Bonchev–Trinajstić information content (AvgIpc) is 3.75. The molecule has 0 atom stereocenters. The highest BCUT2D eigenvalue weighted by molar-refractivity contribution is 5.96. The summed E-state index contributed by atoms with van der Waals surface area (Å²) in [6, 6.07) is 15.6. The van der Waals surface area contributed by atoms with E-state index in [1.807, 2.05) is 79.9 Å². The summed E-state index contributed by atoms with van der Waals surface area (Å²) in [7, 11) is 1.63. The van der Waals surface area contributed by atoms with E-state index >= 15 is 0 Å². The number of methoxy groups -OCH3 is 1. The Kier molecular flexibility index (Phi) is 11.7. The molecule has 0 aliphatic heterocycles. The molecule has 1 aromatic heterocycles. The van der Waals surface area contributed by atoms with E-state index < -0.39 is 5.97 Å². The first-order chi connectivity index (χ1) is 19.0. The van der Waals surface area contributed by atoms with Gasteiger partial charge in [-0.25, -0.2) is 4.79 Å². The number of benzene rings is 2. The molecule has 6 heteroatoms. The smallest absolute Gasteiger partial charge is 0.353 e. The molecule has 0 amide bonds. The number of aromatic carboxylic acids is 1. The topological polar surface area (TPSA) is 69.9 Å². The molecule has 1 heterocycles. The minimum absolute atomic E-state index is 0.289. The zero-order valence-electron chi connectivity index (χ0n) is 24.0. The summed E-state index contributed by atoms with van der Waals surface area (Å²) in [6.07, 6.45) is 8.12. The SMILES string of the molecule is CC.CCCOC/C=C\Cc1c(C)c(-c2ccc(OCC3CC3)cc2)c(C(=O)O)n1Cc1cccc(OC)c1. The molecule has 0 spiro atoms. The van der Waals surface area contributed by atoms with Crippen LogP contribution in [-0.2, 0) is 17.7 Å². The fourth-order valence-electron chi connectivity index (χ4n) is 4.54. The van der Waals surface area contributed by atoms with Crippen LogP contribution in [0.3, 0.4) is 0 Å². The molecule has 0 unspecified atom stereocenters. The maximum absolute atomic E-state index is 12.7. The van der Waals surface area contributed by atoms with Crippen LogP contribution in [0.1, 0.15) is 67.3 Å². The lowest BCUT2D eigenvalue weighted by molar-refractivity contribution is 0.0686. The summed E-state index contributed by atoms with van der Waals surface area (Å²) in [5.74, 6) is 1.29. The van der Waals surface area contributed by atoms with E-state index in [4.69, 9.17) is 14.2 Å². The molecular formula is C33H43NO5. The van der Waals surface area contributed by atoms with Gasteiger partial charge in [-0.2, -0.15) is 0 Å². The van der Waals surface area contributed by atoms with Crippen LogP contribution >= 0.6 is 0 Å². The minimum Gasteiger partial charge on any atom is -0.497 e. The van der Waals surface area contributed by atoms with E-state index in [1.165, 1.54) is 12.8 Å². The molecule has 210 valence electrons. The molecule has 1 aliphatic carbocycles. The second kappa shape index (κ2) is 15.2. The largest absolute Gasteiger partial charge is 0.497 e. The van der Waals surface area contributed by atoms with Gasteiger partial charge in [-0.3, -0.25) is 0 Å². The van der Waals surface area contributed by atoms with Crippen LogP contribution in [0.15, 0.2) is 60.7 Å². The Hall–Kier alpha value is -3.51. The predicted octanol–water partition coefficient (Wildman–Crippen LogP) is 7.56. The molecule has 1 aliphatic rings. The summed E-state index contributed by atoms with van der Waals surface area (Å²) in [5.41, 5.74) is 4.81. The number of rotatable bonds is 14. The van der Waals surface area contributed by atoms with Gasteiger partial charge in [0, 0.05) is 30.8 Å². The van der Waals surface area contributed by atoms with Crippen LogP contribution in [0.5, 0.6) is 11.5 Å². The van der Waals surface area contributed by atoms with Crippen molar-refractivity contribution < 1.29 is 24.1 Å². The number of allylic oxidation sites excluding steroid dienone is 1. The number of hydrogen-bond acceptors (Lipinski definition) is 4. The molecule has 3 aromatic rings. The van der Waals surface area contributed by atoms with Crippen LogP contribution in [0.4, 0.5) is 0 Å². The number of ether oxygens (including phenoxy) is 3. The molecule has 1 fully saturated rings. The standard InChI is InChI=1S/C31H37NO5.C2H6/c1-4-17-36-18-6-5-10-28-22(2)29(25-13-15-26(16-14-25)37-21-23-11-12-23)30(31(33)34)32(28)20-24-8-7-9-27(19-24)35-3;1-2/h5-9,13-16,19,23H,4,10-12,17-18,20-21H2,1-3H3,(H,33,34);1-2H3/b6-5-;. The molecule has 1 saturated carbocycles. The first-order valence-corrected chi connectivity index (χ1v) is 14.1. The fourth-order valence-corrected chi connectivity index (χ4v) is 4.54. The van der Waals surface area contributed by atoms with Gasteiger partial charge in [-0.15, -0.1) is 0 Å². The third-order valence-electron chi connectivity index (χ3n) is 6.68. The number of carboxylic acids is 1. The van der Waals surface area contributed by atoms with Gasteiger partial charge in [0.2, 0.25) is 0 Å². The zero-order chi connectivity index (χ0) is 28.2. The van der Waals surface area contributed by atoms with Gasteiger partial charge in [0.15, 0.2) is 0 Å². The zero-order valence-corrected chi connectivity index (χ0v) is 24.0. The Morgan fingerprint density at radius 3 is 2.46 bits per heavy atom. The van der Waals surface area contributed by atoms with E-state index in [0.717, 1.165) is 59.1 Å². The highest BCUT2D eigenvalue weighted by atomic mass is 16.5. The molecule has 0 bridgehead atoms. The highest BCUT2D eigenvalue weighted by Gasteiger charge is 2.26. The molecule has 6 nitrogen and oxygen atoms in total. The Morgan fingerprint density at radius 1 is 1.08 bits per heavy atom. The number of carboxylic acid groups (broad SMARTS) is 1. The Balaban J connectivity index is 0.00000205. The first-order valence-electron chi connectivity index (χ1n) is 14.1. The summed E-state index contributed by atoms with van der Waals surface area (Å²) in [6.45, 7) is 10.5. The van der Waals surface area contributed by atoms with Gasteiger partial charge >= 0.3 is 5.97 Å². The van der Waals surface area contributed by atoms with Crippen molar-refractivity contribution >= 4 is 5.97 Å². The van der Waals surface area contributed by atoms with Crippen LogP contribution in [-0.4, -0.2) is 42.6 Å². The molecule has 1 N–H and O–H groups in total. The summed E-state index contributed by atoms with van der Waals surface area (Å²) < 4.78 is 18.8. The van der Waals surface area contributed by atoms with Crippen molar-refractivity contribution in [3.8, 4) is 22.6 Å². The summed E-state index contributed by atoms with van der Waals surface area (Å²) in [4.78, 5) is 12.7. The van der Waals surface area contributed by atoms with Crippen LogP contribution in [0.2, 0.25) is 0 Å². The first kappa shape index (κ1) is 30.0. The van der Waals surface area contributed by atoms with Gasteiger partial charge in [-0.05, 0) is 73.1 Å².